The van der Waals surface area contributed by atoms with Gasteiger partial charge in [0.2, 0.25) is 5.89 Å². The Labute approximate surface area is 127 Å². The largest absolute Gasteiger partial charge is 0.338 e. The number of aryl methyl sites for hydroxylation is 2. The third-order valence-corrected chi connectivity index (χ3v) is 3.71. The maximum absolute atomic E-state index is 5.23. The van der Waals surface area contributed by atoms with Crippen LogP contribution in [0.1, 0.15) is 56.6 Å². The smallest absolute Gasteiger partial charge is 0.240 e. The molecule has 1 atom stereocenters. The van der Waals surface area contributed by atoms with E-state index in [1.165, 1.54) is 11.1 Å². The molecule has 1 N–H and O–H groups in total. The molecule has 4 heteroatoms. The van der Waals surface area contributed by atoms with Gasteiger partial charge in [0.05, 0.1) is 6.54 Å². The zero-order chi connectivity index (χ0) is 15.2. The molecule has 0 saturated carbocycles. The molecule has 0 saturated heterocycles. The Morgan fingerprint density at radius 2 is 1.81 bits per heavy atom. The molecule has 1 aromatic heterocycles. The monoisotopic (exact) mass is 287 g/mol. The number of rotatable bonds is 7. The Kier molecular flexibility index (Phi) is 5.51. The number of aromatic nitrogens is 2. The van der Waals surface area contributed by atoms with Gasteiger partial charge in [0, 0.05) is 12.5 Å². The van der Waals surface area contributed by atoms with E-state index in [1.54, 1.807) is 0 Å². The fourth-order valence-corrected chi connectivity index (χ4v) is 2.40. The van der Waals surface area contributed by atoms with Crippen LogP contribution in [0.2, 0.25) is 0 Å². The van der Waals surface area contributed by atoms with Gasteiger partial charge in [-0.3, -0.25) is 0 Å². The highest BCUT2D eigenvalue weighted by atomic mass is 16.5. The minimum Gasteiger partial charge on any atom is -0.338 e. The molecule has 21 heavy (non-hydrogen) atoms. The van der Waals surface area contributed by atoms with Crippen molar-refractivity contribution in [2.75, 3.05) is 0 Å². The topological polar surface area (TPSA) is 51.0 Å². The van der Waals surface area contributed by atoms with Crippen LogP contribution >= 0.6 is 0 Å². The zero-order valence-electron chi connectivity index (χ0n) is 13.4. The van der Waals surface area contributed by atoms with Crippen LogP contribution in [0.3, 0.4) is 0 Å². The molecule has 0 aliphatic carbocycles. The van der Waals surface area contributed by atoms with E-state index < -0.39 is 0 Å². The summed E-state index contributed by atoms with van der Waals surface area (Å²) in [4.78, 5) is 4.34. The zero-order valence-corrected chi connectivity index (χ0v) is 13.4. The van der Waals surface area contributed by atoms with Crippen LogP contribution in [0, 0.1) is 5.92 Å². The molecule has 0 aliphatic rings. The number of hydrogen-bond donors (Lipinski definition) is 1. The van der Waals surface area contributed by atoms with Gasteiger partial charge in [0.15, 0.2) is 5.82 Å². The molecule has 1 heterocycles. The third-order valence-electron chi connectivity index (χ3n) is 3.71. The Balaban J connectivity index is 2.04. The van der Waals surface area contributed by atoms with Gasteiger partial charge in [-0.25, -0.2) is 0 Å². The lowest BCUT2D eigenvalue weighted by Crippen LogP contribution is -2.25. The molecule has 2 rings (SSSR count). The van der Waals surface area contributed by atoms with Gasteiger partial charge in [-0.05, 0) is 23.5 Å². The van der Waals surface area contributed by atoms with Crippen molar-refractivity contribution in [1.29, 1.82) is 0 Å². The van der Waals surface area contributed by atoms with Gasteiger partial charge in [-0.1, -0.05) is 57.1 Å². The molecular formula is C17H25N3O. The standard InChI is InChI=1S/C17H25N3O/c1-5-13-7-9-14(10-8-13)17(12(3)4)18-11-16-19-15(6-2)20-21-16/h7-10,12,17-18H,5-6,11H2,1-4H3. The lowest BCUT2D eigenvalue weighted by molar-refractivity contribution is 0.335. The number of hydrogen-bond acceptors (Lipinski definition) is 4. The van der Waals surface area contributed by atoms with Crippen LogP contribution < -0.4 is 5.32 Å². The van der Waals surface area contributed by atoms with Gasteiger partial charge >= 0.3 is 0 Å². The second-order valence-corrected chi connectivity index (χ2v) is 5.66. The first-order chi connectivity index (χ1) is 10.1. The Morgan fingerprint density at radius 3 is 2.33 bits per heavy atom. The molecule has 0 radical (unpaired) electrons. The summed E-state index contributed by atoms with van der Waals surface area (Å²) in [6.45, 7) is 9.24. The highest BCUT2D eigenvalue weighted by Crippen LogP contribution is 2.22. The predicted molar refractivity (Wildman–Crippen MR) is 83.9 cm³/mol. The summed E-state index contributed by atoms with van der Waals surface area (Å²) >= 11 is 0. The van der Waals surface area contributed by atoms with Gasteiger partial charge in [-0.2, -0.15) is 4.98 Å². The van der Waals surface area contributed by atoms with Crippen LogP contribution in [0.25, 0.3) is 0 Å². The molecule has 4 nitrogen and oxygen atoms in total. The first-order valence-corrected chi connectivity index (χ1v) is 7.77. The second kappa shape index (κ2) is 7.36. The number of benzene rings is 1. The quantitative estimate of drug-likeness (QED) is 0.844. The fraction of sp³-hybridized carbons (Fsp3) is 0.529. The van der Waals surface area contributed by atoms with Gasteiger partial charge in [0.25, 0.3) is 0 Å². The van der Waals surface area contributed by atoms with Gasteiger partial charge < -0.3 is 9.84 Å². The Bertz CT molecular complexity index is 545. The molecule has 114 valence electrons. The van der Waals surface area contributed by atoms with E-state index in [1.807, 2.05) is 6.92 Å². The molecule has 1 aromatic carbocycles. The minimum atomic E-state index is 0.285. The molecule has 0 amide bonds. The van der Waals surface area contributed by atoms with Crippen molar-refractivity contribution in [3.63, 3.8) is 0 Å². The maximum Gasteiger partial charge on any atom is 0.240 e. The summed E-state index contributed by atoms with van der Waals surface area (Å²) in [6, 6.07) is 9.11. The summed E-state index contributed by atoms with van der Waals surface area (Å²) in [5.41, 5.74) is 2.67. The lowest BCUT2D eigenvalue weighted by atomic mass is 9.95. The summed E-state index contributed by atoms with van der Waals surface area (Å²) in [5.74, 6) is 1.91. The van der Waals surface area contributed by atoms with Crippen molar-refractivity contribution in [3.8, 4) is 0 Å². The van der Waals surface area contributed by atoms with Crippen LogP contribution in [-0.2, 0) is 19.4 Å². The summed E-state index contributed by atoms with van der Waals surface area (Å²) < 4.78 is 5.23. The van der Waals surface area contributed by atoms with E-state index >= 15 is 0 Å². The highest BCUT2D eigenvalue weighted by Gasteiger charge is 2.16. The average Bonchev–Trinajstić information content (AvgIpc) is 2.96. The molecule has 0 bridgehead atoms. The Morgan fingerprint density at radius 1 is 1.10 bits per heavy atom. The average molecular weight is 287 g/mol. The SMILES string of the molecule is CCc1ccc(C(NCc2nc(CC)no2)C(C)C)cc1. The molecule has 0 spiro atoms. The second-order valence-electron chi connectivity index (χ2n) is 5.66. The number of nitrogens with one attached hydrogen (secondary N) is 1. The predicted octanol–water partition coefficient (Wildman–Crippen LogP) is 3.68. The molecule has 0 aliphatic heterocycles. The molecular weight excluding hydrogens is 262 g/mol. The van der Waals surface area contributed by atoms with Gasteiger partial charge in [-0.15, -0.1) is 0 Å². The van der Waals surface area contributed by atoms with Crippen LogP contribution in [0.15, 0.2) is 28.8 Å². The van der Waals surface area contributed by atoms with E-state index in [4.69, 9.17) is 4.52 Å². The van der Waals surface area contributed by atoms with Crippen molar-refractivity contribution in [2.45, 2.75) is 53.1 Å². The van der Waals surface area contributed by atoms with E-state index in [2.05, 4.69) is 60.5 Å². The van der Waals surface area contributed by atoms with Crippen LogP contribution in [-0.4, -0.2) is 10.1 Å². The van der Waals surface area contributed by atoms with Crippen LogP contribution in [0.5, 0.6) is 0 Å². The van der Waals surface area contributed by atoms with E-state index in [9.17, 15) is 0 Å². The van der Waals surface area contributed by atoms with Crippen molar-refractivity contribution in [3.05, 3.63) is 47.1 Å². The van der Waals surface area contributed by atoms with Crippen molar-refractivity contribution in [2.24, 2.45) is 5.92 Å². The van der Waals surface area contributed by atoms with E-state index in [-0.39, 0.29) is 6.04 Å². The van der Waals surface area contributed by atoms with Crippen molar-refractivity contribution in [1.82, 2.24) is 15.5 Å². The minimum absolute atomic E-state index is 0.285. The summed E-state index contributed by atoms with van der Waals surface area (Å²) in [7, 11) is 0. The lowest BCUT2D eigenvalue weighted by Gasteiger charge is -2.22. The fourth-order valence-electron chi connectivity index (χ4n) is 2.40. The van der Waals surface area contributed by atoms with Crippen molar-refractivity contribution < 1.29 is 4.52 Å². The van der Waals surface area contributed by atoms with E-state index in [0.29, 0.717) is 18.4 Å². The van der Waals surface area contributed by atoms with Gasteiger partial charge in [0.1, 0.15) is 0 Å². The molecule has 2 aromatic rings. The third kappa shape index (κ3) is 4.14. The Hall–Kier alpha value is -1.68. The summed E-state index contributed by atoms with van der Waals surface area (Å²) in [6.07, 6.45) is 1.87. The number of nitrogens with zero attached hydrogens (tertiary/aromatic N) is 2. The summed E-state index contributed by atoms with van der Waals surface area (Å²) in [5, 5.41) is 7.46. The molecule has 1 unspecified atom stereocenters. The first-order valence-electron chi connectivity index (χ1n) is 7.77. The molecule has 0 fully saturated rings. The first kappa shape index (κ1) is 15.7. The van der Waals surface area contributed by atoms with Crippen molar-refractivity contribution >= 4 is 0 Å². The van der Waals surface area contributed by atoms with Crippen LogP contribution in [0.4, 0.5) is 0 Å². The maximum atomic E-state index is 5.23. The highest BCUT2D eigenvalue weighted by molar-refractivity contribution is 5.25. The normalized spacial score (nSPS) is 12.8. The van der Waals surface area contributed by atoms with E-state index in [0.717, 1.165) is 18.7 Å².